The monoisotopic (exact) mass is 358 g/mol. The van der Waals surface area contributed by atoms with Crippen molar-refractivity contribution in [1.29, 1.82) is 0 Å². The molecule has 0 saturated heterocycles. The molecule has 1 heterocycles. The largest absolute Gasteiger partial charge is 0.489 e. The molecule has 0 atom stereocenters. The number of nitrogens with one attached hydrogen (secondary N) is 1. The minimum atomic E-state index is -0.368. The molecule has 3 N–H and O–H groups in total. The van der Waals surface area contributed by atoms with Crippen LogP contribution in [-0.2, 0) is 17.9 Å². The first-order valence-corrected chi connectivity index (χ1v) is 8.71. The minimum absolute atomic E-state index is 0.165. The molecule has 140 valence electrons. The van der Waals surface area contributed by atoms with E-state index in [1.807, 2.05) is 42.5 Å². The molecule has 1 aliphatic rings. The van der Waals surface area contributed by atoms with Crippen molar-refractivity contribution in [3.05, 3.63) is 53.6 Å². The molecule has 2 aromatic carbocycles. The van der Waals surface area contributed by atoms with Crippen LogP contribution >= 0.6 is 0 Å². The Morgan fingerprint density at radius 1 is 1.12 bits per heavy atom. The van der Waals surface area contributed by atoms with Gasteiger partial charge in [-0.1, -0.05) is 44.5 Å². The highest BCUT2D eigenvalue weighted by atomic mass is 16.7. The lowest BCUT2D eigenvalue weighted by atomic mass is 10.1. The summed E-state index contributed by atoms with van der Waals surface area (Å²) >= 11 is 0. The second kappa shape index (κ2) is 10.3. The van der Waals surface area contributed by atoms with Gasteiger partial charge < -0.3 is 25.3 Å². The Morgan fingerprint density at radius 3 is 2.62 bits per heavy atom. The van der Waals surface area contributed by atoms with Crippen molar-refractivity contribution in [3.8, 4) is 17.2 Å². The van der Waals surface area contributed by atoms with Crippen molar-refractivity contribution in [2.75, 3.05) is 13.3 Å². The molecule has 0 aliphatic carbocycles. The topological polar surface area (TPSA) is 82.8 Å². The molecule has 0 radical (unpaired) electrons. The Labute approximate surface area is 154 Å². The van der Waals surface area contributed by atoms with Crippen molar-refractivity contribution >= 4 is 5.91 Å². The molecule has 0 fully saturated rings. The number of amides is 1. The second-order valence-electron chi connectivity index (χ2n) is 5.90. The maximum atomic E-state index is 10.7. The fraction of sp³-hybridized carbons (Fsp3) is 0.350. The van der Waals surface area contributed by atoms with Gasteiger partial charge in [-0.05, 0) is 23.3 Å². The van der Waals surface area contributed by atoms with Gasteiger partial charge in [0.05, 0.1) is 6.54 Å². The Balaban J connectivity index is 0.000000758. The summed E-state index contributed by atoms with van der Waals surface area (Å²) in [6, 6.07) is 13.5. The van der Waals surface area contributed by atoms with E-state index in [1.165, 1.54) is 6.42 Å². The fourth-order valence-corrected chi connectivity index (χ4v) is 2.29. The van der Waals surface area contributed by atoms with Crippen molar-refractivity contribution in [3.63, 3.8) is 0 Å². The zero-order valence-corrected chi connectivity index (χ0v) is 15.3. The fourth-order valence-electron chi connectivity index (χ4n) is 2.29. The van der Waals surface area contributed by atoms with Crippen LogP contribution in [0.5, 0.6) is 17.2 Å². The molecule has 0 spiro atoms. The van der Waals surface area contributed by atoms with Crippen LogP contribution in [0.1, 0.15) is 31.4 Å². The first-order chi connectivity index (χ1) is 12.6. The average Bonchev–Trinajstić information content (AvgIpc) is 3.08. The van der Waals surface area contributed by atoms with Gasteiger partial charge in [0, 0.05) is 12.6 Å². The summed E-state index contributed by atoms with van der Waals surface area (Å²) in [6.07, 6.45) is 1.25. The lowest BCUT2D eigenvalue weighted by Gasteiger charge is -2.09. The molecule has 1 aliphatic heterocycles. The van der Waals surface area contributed by atoms with Gasteiger partial charge >= 0.3 is 0 Å². The summed E-state index contributed by atoms with van der Waals surface area (Å²) in [6.45, 7) is 5.70. The van der Waals surface area contributed by atoms with Crippen LogP contribution in [0.4, 0.5) is 0 Å². The van der Waals surface area contributed by atoms with Crippen molar-refractivity contribution in [2.24, 2.45) is 5.73 Å². The van der Waals surface area contributed by atoms with Gasteiger partial charge in [0.1, 0.15) is 12.4 Å². The van der Waals surface area contributed by atoms with E-state index in [1.54, 1.807) is 0 Å². The molecule has 2 aromatic rings. The number of benzene rings is 2. The van der Waals surface area contributed by atoms with Gasteiger partial charge in [-0.25, -0.2) is 0 Å². The van der Waals surface area contributed by atoms with E-state index in [4.69, 9.17) is 19.9 Å². The second-order valence-corrected chi connectivity index (χ2v) is 5.90. The van der Waals surface area contributed by atoms with Crippen LogP contribution < -0.4 is 25.3 Å². The smallest absolute Gasteiger partial charge is 0.231 e. The predicted molar refractivity (Wildman–Crippen MR) is 100 cm³/mol. The predicted octanol–water partition coefficient (Wildman–Crippen LogP) is 2.99. The number of fused-ring (bicyclic) bond motifs is 1. The van der Waals surface area contributed by atoms with Gasteiger partial charge in [0.15, 0.2) is 11.5 Å². The molecular weight excluding hydrogens is 332 g/mol. The summed E-state index contributed by atoms with van der Waals surface area (Å²) in [5.74, 6) is 1.80. The minimum Gasteiger partial charge on any atom is -0.489 e. The summed E-state index contributed by atoms with van der Waals surface area (Å²) in [5, 5.41) is 2.98. The van der Waals surface area contributed by atoms with Crippen molar-refractivity contribution < 1.29 is 19.0 Å². The summed E-state index contributed by atoms with van der Waals surface area (Å²) in [4.78, 5) is 10.7. The number of carbonyl (C=O) groups excluding carboxylic acids is 1. The van der Waals surface area contributed by atoms with Crippen molar-refractivity contribution in [2.45, 2.75) is 33.4 Å². The van der Waals surface area contributed by atoms with Gasteiger partial charge in [0.25, 0.3) is 0 Å². The third-order valence-corrected chi connectivity index (χ3v) is 3.37. The van der Waals surface area contributed by atoms with E-state index in [0.29, 0.717) is 18.9 Å². The maximum absolute atomic E-state index is 10.7. The molecule has 1 amide bonds. The lowest BCUT2D eigenvalue weighted by Crippen LogP contribution is -2.28. The molecule has 0 unspecified atom stereocenters. The summed E-state index contributed by atoms with van der Waals surface area (Å²) in [5.41, 5.74) is 7.21. The van der Waals surface area contributed by atoms with Crippen LogP contribution in [0.15, 0.2) is 42.5 Å². The Bertz CT molecular complexity index is 719. The molecule has 0 saturated carbocycles. The number of carbonyl (C=O) groups is 1. The van der Waals surface area contributed by atoms with E-state index >= 15 is 0 Å². The Hall–Kier alpha value is -2.73. The number of hydrogen-bond donors (Lipinski definition) is 2. The highest BCUT2D eigenvalue weighted by Crippen LogP contribution is 2.35. The molecule has 6 nitrogen and oxygen atoms in total. The van der Waals surface area contributed by atoms with Gasteiger partial charge in [0.2, 0.25) is 12.7 Å². The molecule has 0 bridgehead atoms. The first kappa shape index (κ1) is 19.6. The van der Waals surface area contributed by atoms with E-state index < -0.39 is 0 Å². The third-order valence-electron chi connectivity index (χ3n) is 3.37. The standard InChI is InChI=1S/C17H18N2O4.C3H8/c18-17(20)9-19-8-12-2-1-3-13(6-12)10-21-14-4-5-15-16(7-14)23-11-22-15;1-3-2/h1-7,19H,8-11H2,(H2,18,20);3H2,1-2H3. The number of nitrogens with two attached hydrogens (primary N) is 1. The van der Waals surface area contributed by atoms with E-state index in [2.05, 4.69) is 19.2 Å². The van der Waals surface area contributed by atoms with Gasteiger partial charge in [-0.15, -0.1) is 0 Å². The molecule has 6 heteroatoms. The number of primary amides is 1. The Kier molecular flexibility index (Phi) is 7.76. The Morgan fingerprint density at radius 2 is 1.85 bits per heavy atom. The SMILES string of the molecule is CCC.NC(=O)CNCc1cccc(COc2ccc3c(c2)OCO3)c1. The quantitative estimate of drug-likeness (QED) is 0.795. The highest BCUT2D eigenvalue weighted by molar-refractivity contribution is 5.75. The third kappa shape index (κ3) is 6.29. The van der Waals surface area contributed by atoms with Crippen LogP contribution in [0.3, 0.4) is 0 Å². The zero-order valence-electron chi connectivity index (χ0n) is 15.3. The van der Waals surface area contributed by atoms with Crippen LogP contribution in [0, 0.1) is 0 Å². The van der Waals surface area contributed by atoms with Crippen molar-refractivity contribution in [1.82, 2.24) is 5.32 Å². The number of rotatable bonds is 7. The van der Waals surface area contributed by atoms with Gasteiger partial charge in [-0.2, -0.15) is 0 Å². The molecule has 0 aromatic heterocycles. The lowest BCUT2D eigenvalue weighted by molar-refractivity contribution is -0.117. The average molecular weight is 358 g/mol. The molecule has 3 rings (SSSR count). The number of ether oxygens (including phenoxy) is 3. The first-order valence-electron chi connectivity index (χ1n) is 8.71. The van der Waals surface area contributed by atoms with E-state index in [-0.39, 0.29) is 19.2 Å². The summed E-state index contributed by atoms with van der Waals surface area (Å²) < 4.78 is 16.4. The van der Waals surface area contributed by atoms with Crippen LogP contribution in [0.25, 0.3) is 0 Å². The van der Waals surface area contributed by atoms with Gasteiger partial charge in [-0.3, -0.25) is 4.79 Å². The zero-order chi connectivity index (χ0) is 18.8. The number of hydrogen-bond acceptors (Lipinski definition) is 5. The highest BCUT2D eigenvalue weighted by Gasteiger charge is 2.13. The molecule has 26 heavy (non-hydrogen) atoms. The van der Waals surface area contributed by atoms with E-state index in [0.717, 1.165) is 22.6 Å². The van der Waals surface area contributed by atoms with Crippen LogP contribution in [0.2, 0.25) is 0 Å². The maximum Gasteiger partial charge on any atom is 0.231 e. The summed E-state index contributed by atoms with van der Waals surface area (Å²) in [7, 11) is 0. The molecular formula is C20H26N2O4. The van der Waals surface area contributed by atoms with Crippen LogP contribution in [-0.4, -0.2) is 19.2 Å². The van der Waals surface area contributed by atoms with E-state index in [9.17, 15) is 4.79 Å². The normalized spacial score (nSPS) is 11.5.